The van der Waals surface area contributed by atoms with Crippen molar-refractivity contribution in [3.8, 4) is 0 Å². The van der Waals surface area contributed by atoms with Crippen molar-refractivity contribution in [1.29, 1.82) is 0 Å². The second-order valence-corrected chi connectivity index (χ2v) is 6.71. The van der Waals surface area contributed by atoms with Crippen LogP contribution < -0.4 is 0 Å². The van der Waals surface area contributed by atoms with Crippen LogP contribution in [0.1, 0.15) is 59.2 Å². The number of hydrogen-bond acceptors (Lipinski definition) is 2. The highest BCUT2D eigenvalue weighted by Gasteiger charge is 2.40. The predicted octanol–water partition coefficient (Wildman–Crippen LogP) is 3.33. The maximum Gasteiger partial charge on any atom is 0.140 e. The molecule has 1 aliphatic rings. The van der Waals surface area contributed by atoms with Gasteiger partial charge in [-0.2, -0.15) is 0 Å². The molecule has 3 nitrogen and oxygen atoms in total. The van der Waals surface area contributed by atoms with Crippen LogP contribution in [0, 0.1) is 11.3 Å². The number of aryl methyl sites for hydroxylation is 1. The third kappa shape index (κ3) is 2.46. The Labute approximate surface area is 110 Å². The van der Waals surface area contributed by atoms with Gasteiger partial charge in [0.15, 0.2) is 0 Å². The van der Waals surface area contributed by atoms with Crippen molar-refractivity contribution in [1.82, 2.24) is 9.55 Å². The maximum atomic E-state index is 10.8. The standard InChI is InChI=1S/C15H26N2O/c1-5-17-11-10-16-13(17)15(18)8-6-12(7-9-15)14(2,3)4/h10-12,18H,5-9H2,1-4H3. The van der Waals surface area contributed by atoms with Gasteiger partial charge in [0.2, 0.25) is 0 Å². The summed E-state index contributed by atoms with van der Waals surface area (Å²) in [7, 11) is 0. The molecule has 2 rings (SSSR count). The first-order chi connectivity index (χ1) is 8.37. The Morgan fingerprint density at radius 1 is 1.39 bits per heavy atom. The Balaban J connectivity index is 2.12. The van der Waals surface area contributed by atoms with Crippen LogP contribution in [-0.2, 0) is 12.1 Å². The van der Waals surface area contributed by atoms with Gasteiger partial charge in [0.25, 0.3) is 0 Å². The Bertz CT molecular complexity index is 395. The third-order valence-electron chi connectivity index (χ3n) is 4.51. The maximum absolute atomic E-state index is 10.8. The van der Waals surface area contributed by atoms with Gasteiger partial charge >= 0.3 is 0 Å². The quantitative estimate of drug-likeness (QED) is 0.874. The highest BCUT2D eigenvalue weighted by Crippen LogP contribution is 2.44. The first-order valence-electron chi connectivity index (χ1n) is 7.11. The van der Waals surface area contributed by atoms with Gasteiger partial charge in [-0.15, -0.1) is 0 Å². The average Bonchev–Trinajstić information content (AvgIpc) is 2.77. The van der Waals surface area contributed by atoms with Crippen molar-refractivity contribution in [2.24, 2.45) is 11.3 Å². The third-order valence-corrected chi connectivity index (χ3v) is 4.51. The molecule has 102 valence electrons. The molecule has 0 unspecified atom stereocenters. The topological polar surface area (TPSA) is 38.0 Å². The van der Waals surface area contributed by atoms with E-state index >= 15 is 0 Å². The van der Waals surface area contributed by atoms with Crippen molar-refractivity contribution in [2.45, 2.75) is 65.5 Å². The molecule has 0 atom stereocenters. The van der Waals surface area contributed by atoms with E-state index < -0.39 is 5.60 Å². The fourth-order valence-corrected chi connectivity index (χ4v) is 3.16. The molecule has 0 radical (unpaired) electrons. The van der Waals surface area contributed by atoms with Gasteiger partial charge in [-0.3, -0.25) is 0 Å². The molecule has 0 aliphatic heterocycles. The number of imidazole rings is 1. The normalized spacial score (nSPS) is 29.5. The van der Waals surface area contributed by atoms with Crippen LogP contribution in [-0.4, -0.2) is 14.7 Å². The Hall–Kier alpha value is -0.830. The average molecular weight is 250 g/mol. The van der Waals surface area contributed by atoms with Gasteiger partial charge in [-0.25, -0.2) is 4.98 Å². The number of aliphatic hydroxyl groups is 1. The molecule has 1 fully saturated rings. The van der Waals surface area contributed by atoms with E-state index in [0.717, 1.165) is 38.1 Å². The zero-order valence-electron chi connectivity index (χ0n) is 12.1. The van der Waals surface area contributed by atoms with Crippen molar-refractivity contribution in [3.05, 3.63) is 18.2 Å². The second kappa shape index (κ2) is 4.69. The molecule has 0 saturated heterocycles. The molecule has 0 bridgehead atoms. The van der Waals surface area contributed by atoms with Crippen molar-refractivity contribution in [2.75, 3.05) is 0 Å². The molecule has 0 aromatic carbocycles. The summed E-state index contributed by atoms with van der Waals surface area (Å²) in [5.74, 6) is 1.57. The van der Waals surface area contributed by atoms with E-state index in [1.165, 1.54) is 0 Å². The highest BCUT2D eigenvalue weighted by molar-refractivity contribution is 5.07. The van der Waals surface area contributed by atoms with Gasteiger partial charge in [-0.05, 0) is 43.9 Å². The fraction of sp³-hybridized carbons (Fsp3) is 0.800. The summed E-state index contributed by atoms with van der Waals surface area (Å²) in [5.41, 5.74) is -0.358. The number of rotatable bonds is 2. The fourth-order valence-electron chi connectivity index (χ4n) is 3.16. The predicted molar refractivity (Wildman–Crippen MR) is 73.2 cm³/mol. The second-order valence-electron chi connectivity index (χ2n) is 6.71. The van der Waals surface area contributed by atoms with Crippen LogP contribution in [0.5, 0.6) is 0 Å². The van der Waals surface area contributed by atoms with Gasteiger partial charge in [-0.1, -0.05) is 20.8 Å². The van der Waals surface area contributed by atoms with Crippen LogP contribution in [0.25, 0.3) is 0 Å². The van der Waals surface area contributed by atoms with E-state index in [9.17, 15) is 5.11 Å². The molecule has 18 heavy (non-hydrogen) atoms. The summed E-state index contributed by atoms with van der Waals surface area (Å²) in [4.78, 5) is 4.38. The van der Waals surface area contributed by atoms with Crippen LogP contribution in [0.15, 0.2) is 12.4 Å². The summed E-state index contributed by atoms with van der Waals surface area (Å²) < 4.78 is 2.07. The van der Waals surface area contributed by atoms with Crippen molar-refractivity contribution < 1.29 is 5.11 Å². The molecule has 1 aliphatic carbocycles. The molecule has 1 aromatic rings. The molecule has 1 N–H and O–H groups in total. The molecule has 1 heterocycles. The van der Waals surface area contributed by atoms with E-state index in [2.05, 4.69) is 37.2 Å². The Kier molecular flexibility index (Phi) is 3.54. The van der Waals surface area contributed by atoms with Gasteiger partial charge in [0, 0.05) is 18.9 Å². The lowest BCUT2D eigenvalue weighted by atomic mass is 9.68. The van der Waals surface area contributed by atoms with E-state index in [-0.39, 0.29) is 0 Å². The SMILES string of the molecule is CCn1ccnc1C1(O)CCC(C(C)(C)C)CC1. The minimum Gasteiger partial charge on any atom is -0.382 e. The lowest BCUT2D eigenvalue weighted by Gasteiger charge is -2.41. The summed E-state index contributed by atoms with van der Waals surface area (Å²) in [6.07, 6.45) is 7.63. The molecule has 0 amide bonds. The van der Waals surface area contributed by atoms with E-state index in [0.29, 0.717) is 11.3 Å². The zero-order chi connectivity index (χ0) is 13.4. The number of nitrogens with zero attached hydrogens (tertiary/aromatic N) is 2. The number of hydrogen-bond donors (Lipinski definition) is 1. The van der Waals surface area contributed by atoms with E-state index in [1.807, 2.05) is 6.20 Å². The summed E-state index contributed by atoms with van der Waals surface area (Å²) in [5, 5.41) is 10.8. The van der Waals surface area contributed by atoms with Crippen LogP contribution in [0.2, 0.25) is 0 Å². The van der Waals surface area contributed by atoms with Crippen LogP contribution >= 0.6 is 0 Å². The lowest BCUT2D eigenvalue weighted by Crippen LogP contribution is -2.37. The molecule has 1 aromatic heterocycles. The highest BCUT2D eigenvalue weighted by atomic mass is 16.3. The largest absolute Gasteiger partial charge is 0.382 e. The Morgan fingerprint density at radius 2 is 2.00 bits per heavy atom. The smallest absolute Gasteiger partial charge is 0.140 e. The van der Waals surface area contributed by atoms with Crippen molar-refractivity contribution >= 4 is 0 Å². The van der Waals surface area contributed by atoms with E-state index in [1.54, 1.807) is 6.20 Å². The van der Waals surface area contributed by atoms with Crippen LogP contribution in [0.3, 0.4) is 0 Å². The molecular formula is C15H26N2O. The molecule has 3 heteroatoms. The zero-order valence-corrected chi connectivity index (χ0v) is 12.1. The monoisotopic (exact) mass is 250 g/mol. The van der Waals surface area contributed by atoms with Gasteiger partial charge < -0.3 is 9.67 Å². The Morgan fingerprint density at radius 3 is 2.50 bits per heavy atom. The molecular weight excluding hydrogens is 224 g/mol. The first kappa shape index (κ1) is 13.6. The first-order valence-corrected chi connectivity index (χ1v) is 7.11. The summed E-state index contributed by atoms with van der Waals surface area (Å²) >= 11 is 0. The summed E-state index contributed by atoms with van der Waals surface area (Å²) in [6, 6.07) is 0. The van der Waals surface area contributed by atoms with Crippen LogP contribution in [0.4, 0.5) is 0 Å². The van der Waals surface area contributed by atoms with Gasteiger partial charge in [0.05, 0.1) is 0 Å². The van der Waals surface area contributed by atoms with Crippen molar-refractivity contribution in [3.63, 3.8) is 0 Å². The van der Waals surface area contributed by atoms with Gasteiger partial charge in [0.1, 0.15) is 11.4 Å². The lowest BCUT2D eigenvalue weighted by molar-refractivity contribution is -0.0389. The minimum absolute atomic E-state index is 0.349. The minimum atomic E-state index is -0.707. The summed E-state index contributed by atoms with van der Waals surface area (Å²) in [6.45, 7) is 9.87. The molecule has 0 spiro atoms. The number of aromatic nitrogens is 2. The molecule has 1 saturated carbocycles. The van der Waals surface area contributed by atoms with E-state index in [4.69, 9.17) is 0 Å².